The number of carbonyl (C=O) groups excluding carboxylic acids is 2. The molecule has 1 aromatic rings. The fourth-order valence-corrected chi connectivity index (χ4v) is 4.16. The lowest BCUT2D eigenvalue weighted by Gasteiger charge is -2.35. The standard InChI is InChI=1S/C21H29N3O2/c1-4-23(14-16(2)3)15-24-19(25)21(22-20(24)26)12-10-18(11-13-21)17-8-6-5-7-9-17/h5-9,18H,2,4,10-15H2,1,3H3,(H,22,26). The van der Waals surface area contributed by atoms with E-state index in [9.17, 15) is 9.59 Å². The van der Waals surface area contributed by atoms with Crippen LogP contribution in [0, 0.1) is 0 Å². The van der Waals surface area contributed by atoms with Gasteiger partial charge in [0.2, 0.25) is 0 Å². The molecule has 1 heterocycles. The number of imide groups is 1. The number of nitrogens with zero attached hydrogens (tertiary/aromatic N) is 2. The minimum atomic E-state index is -0.703. The van der Waals surface area contributed by atoms with Crippen molar-refractivity contribution in [3.05, 3.63) is 48.0 Å². The summed E-state index contributed by atoms with van der Waals surface area (Å²) in [6.07, 6.45) is 3.26. The van der Waals surface area contributed by atoms with Crippen LogP contribution in [0.5, 0.6) is 0 Å². The molecular weight excluding hydrogens is 326 g/mol. The largest absolute Gasteiger partial charge is 0.326 e. The summed E-state index contributed by atoms with van der Waals surface area (Å²) in [6.45, 7) is 9.71. The molecular formula is C21H29N3O2. The Labute approximate surface area is 156 Å². The Kier molecular flexibility index (Phi) is 5.47. The molecule has 5 heteroatoms. The Morgan fingerprint density at radius 2 is 1.92 bits per heavy atom. The Hall–Kier alpha value is -2.14. The smallest absolute Gasteiger partial charge is 0.323 e. The van der Waals surface area contributed by atoms with Gasteiger partial charge in [0.25, 0.3) is 5.91 Å². The van der Waals surface area contributed by atoms with E-state index in [4.69, 9.17) is 0 Å². The maximum atomic E-state index is 13.1. The molecule has 0 unspecified atom stereocenters. The van der Waals surface area contributed by atoms with E-state index < -0.39 is 5.54 Å². The van der Waals surface area contributed by atoms with Crippen molar-refractivity contribution < 1.29 is 9.59 Å². The van der Waals surface area contributed by atoms with Crippen LogP contribution in [-0.2, 0) is 4.79 Å². The lowest BCUT2D eigenvalue weighted by molar-refractivity contribution is -0.133. The SMILES string of the molecule is C=C(C)CN(CC)CN1C(=O)NC2(CCC(c3ccccc3)CC2)C1=O. The van der Waals surface area contributed by atoms with Crippen LogP contribution in [0.3, 0.4) is 0 Å². The zero-order valence-electron chi connectivity index (χ0n) is 15.8. The van der Waals surface area contributed by atoms with Crippen LogP contribution in [0.1, 0.15) is 51.0 Å². The van der Waals surface area contributed by atoms with Crippen LogP contribution in [0.4, 0.5) is 4.79 Å². The lowest BCUT2D eigenvalue weighted by Crippen LogP contribution is -2.50. The van der Waals surface area contributed by atoms with E-state index in [0.29, 0.717) is 32.0 Å². The predicted octanol–water partition coefficient (Wildman–Crippen LogP) is 3.49. The Morgan fingerprint density at radius 1 is 1.27 bits per heavy atom. The summed E-state index contributed by atoms with van der Waals surface area (Å²) in [5, 5.41) is 3.01. The number of urea groups is 1. The predicted molar refractivity (Wildman–Crippen MR) is 103 cm³/mol. The molecule has 1 saturated carbocycles. The van der Waals surface area contributed by atoms with Gasteiger partial charge < -0.3 is 5.32 Å². The first-order valence-corrected chi connectivity index (χ1v) is 9.51. The number of rotatable bonds is 6. The highest BCUT2D eigenvalue weighted by Gasteiger charge is 2.52. The molecule has 26 heavy (non-hydrogen) atoms. The first-order valence-electron chi connectivity index (χ1n) is 9.51. The molecule has 2 fully saturated rings. The number of likely N-dealkylation sites (N-methyl/N-ethyl adjacent to an activating group) is 1. The van der Waals surface area contributed by atoms with Crippen molar-refractivity contribution in [1.29, 1.82) is 0 Å². The maximum Gasteiger partial charge on any atom is 0.326 e. The number of nitrogens with one attached hydrogen (secondary N) is 1. The molecule has 3 rings (SSSR count). The normalized spacial score (nSPS) is 25.8. The second-order valence-electron chi connectivity index (χ2n) is 7.67. The Bertz CT molecular complexity index is 678. The molecule has 1 aliphatic heterocycles. The van der Waals surface area contributed by atoms with Crippen LogP contribution >= 0.6 is 0 Å². The summed E-state index contributed by atoms with van der Waals surface area (Å²) in [7, 11) is 0. The van der Waals surface area contributed by atoms with Crippen molar-refractivity contribution in [1.82, 2.24) is 15.1 Å². The van der Waals surface area contributed by atoms with E-state index in [0.717, 1.165) is 25.0 Å². The van der Waals surface area contributed by atoms with Crippen LogP contribution in [0.25, 0.3) is 0 Å². The lowest BCUT2D eigenvalue weighted by atomic mass is 9.74. The minimum absolute atomic E-state index is 0.0609. The van der Waals surface area contributed by atoms with Gasteiger partial charge in [0.15, 0.2) is 0 Å². The van der Waals surface area contributed by atoms with Crippen LogP contribution in [0.15, 0.2) is 42.5 Å². The first kappa shape index (κ1) is 18.6. The average molecular weight is 355 g/mol. The molecule has 1 spiro atoms. The number of carbonyl (C=O) groups is 2. The van der Waals surface area contributed by atoms with Crippen molar-refractivity contribution >= 4 is 11.9 Å². The van der Waals surface area contributed by atoms with E-state index in [2.05, 4.69) is 41.1 Å². The molecule has 1 aromatic carbocycles. The van der Waals surface area contributed by atoms with Crippen LogP contribution in [0.2, 0.25) is 0 Å². The molecule has 140 valence electrons. The molecule has 0 atom stereocenters. The molecule has 1 N–H and O–H groups in total. The van der Waals surface area contributed by atoms with E-state index >= 15 is 0 Å². The molecule has 0 aromatic heterocycles. The molecule has 5 nitrogen and oxygen atoms in total. The van der Waals surface area contributed by atoms with Crippen molar-refractivity contribution in [2.24, 2.45) is 0 Å². The van der Waals surface area contributed by atoms with Gasteiger partial charge in [0.1, 0.15) is 5.54 Å². The number of benzene rings is 1. The maximum absolute atomic E-state index is 13.1. The van der Waals surface area contributed by atoms with Crippen LogP contribution in [-0.4, -0.2) is 47.0 Å². The fraction of sp³-hybridized carbons (Fsp3) is 0.524. The van der Waals surface area contributed by atoms with Gasteiger partial charge in [-0.1, -0.05) is 49.4 Å². The van der Waals surface area contributed by atoms with Gasteiger partial charge in [0.05, 0.1) is 6.67 Å². The molecule has 2 aliphatic rings. The molecule has 3 amide bonds. The highest BCUT2D eigenvalue weighted by atomic mass is 16.2. The first-order chi connectivity index (χ1) is 12.4. The van der Waals surface area contributed by atoms with Crippen molar-refractivity contribution in [2.45, 2.75) is 51.0 Å². The molecule has 0 bridgehead atoms. The minimum Gasteiger partial charge on any atom is -0.323 e. The van der Waals surface area contributed by atoms with E-state index in [-0.39, 0.29) is 11.9 Å². The zero-order chi connectivity index (χ0) is 18.7. The van der Waals surface area contributed by atoms with Gasteiger partial charge in [-0.3, -0.25) is 9.69 Å². The van der Waals surface area contributed by atoms with E-state index in [1.54, 1.807) is 0 Å². The quantitative estimate of drug-likeness (QED) is 0.628. The molecule has 1 aliphatic carbocycles. The summed E-state index contributed by atoms with van der Waals surface area (Å²) >= 11 is 0. The van der Waals surface area contributed by atoms with E-state index in [1.807, 2.05) is 19.9 Å². The van der Waals surface area contributed by atoms with Crippen molar-refractivity contribution in [2.75, 3.05) is 19.8 Å². The zero-order valence-corrected chi connectivity index (χ0v) is 15.8. The summed E-state index contributed by atoms with van der Waals surface area (Å²) in [5.74, 6) is 0.408. The Balaban J connectivity index is 1.66. The number of amides is 3. The molecule has 0 radical (unpaired) electrons. The molecule has 1 saturated heterocycles. The van der Waals surface area contributed by atoms with Gasteiger partial charge in [0, 0.05) is 6.54 Å². The van der Waals surface area contributed by atoms with Gasteiger partial charge >= 0.3 is 6.03 Å². The van der Waals surface area contributed by atoms with Crippen LogP contribution < -0.4 is 5.32 Å². The van der Waals surface area contributed by atoms with Gasteiger partial charge in [-0.05, 0) is 50.6 Å². The fourth-order valence-electron chi connectivity index (χ4n) is 4.16. The number of hydrogen-bond acceptors (Lipinski definition) is 3. The number of hydrogen-bond donors (Lipinski definition) is 1. The van der Waals surface area contributed by atoms with E-state index in [1.165, 1.54) is 10.5 Å². The monoisotopic (exact) mass is 355 g/mol. The average Bonchev–Trinajstić information content (AvgIpc) is 2.86. The highest BCUT2D eigenvalue weighted by molar-refractivity contribution is 6.07. The topological polar surface area (TPSA) is 52.6 Å². The third-order valence-electron chi connectivity index (χ3n) is 5.64. The third-order valence-corrected chi connectivity index (χ3v) is 5.64. The van der Waals surface area contributed by atoms with Crippen molar-refractivity contribution in [3.8, 4) is 0 Å². The third kappa shape index (κ3) is 3.68. The second kappa shape index (κ2) is 7.62. The second-order valence-corrected chi connectivity index (χ2v) is 7.67. The van der Waals surface area contributed by atoms with Crippen molar-refractivity contribution in [3.63, 3.8) is 0 Å². The summed E-state index contributed by atoms with van der Waals surface area (Å²) in [4.78, 5) is 29.0. The van der Waals surface area contributed by atoms with Gasteiger partial charge in [-0.15, -0.1) is 0 Å². The highest BCUT2D eigenvalue weighted by Crippen LogP contribution is 2.40. The van der Waals surface area contributed by atoms with Gasteiger partial charge in [-0.2, -0.15) is 0 Å². The summed E-state index contributed by atoms with van der Waals surface area (Å²) < 4.78 is 0. The Morgan fingerprint density at radius 3 is 2.50 bits per heavy atom. The summed E-state index contributed by atoms with van der Waals surface area (Å²) in [6, 6.07) is 10.2. The summed E-state index contributed by atoms with van der Waals surface area (Å²) in [5.41, 5.74) is 1.65. The van der Waals surface area contributed by atoms with Gasteiger partial charge in [-0.25, -0.2) is 9.69 Å².